The van der Waals surface area contributed by atoms with Gasteiger partial charge in [-0.25, -0.2) is 10.9 Å². The van der Waals surface area contributed by atoms with E-state index in [-0.39, 0.29) is 18.0 Å². The highest BCUT2D eigenvalue weighted by Gasteiger charge is 2.30. The number of amides is 2. The molecule has 1 aliphatic heterocycles. The average Bonchev–Trinajstić information content (AvgIpc) is 3.06. The summed E-state index contributed by atoms with van der Waals surface area (Å²) in [6.07, 6.45) is 0.661. The summed E-state index contributed by atoms with van der Waals surface area (Å²) in [5, 5.41) is 2.84. The van der Waals surface area contributed by atoms with Crippen LogP contribution in [0.15, 0.2) is 48.5 Å². The minimum absolute atomic E-state index is 0.0959. The van der Waals surface area contributed by atoms with E-state index in [2.05, 4.69) is 40.4 Å². The maximum atomic E-state index is 12.4. The summed E-state index contributed by atoms with van der Waals surface area (Å²) < 4.78 is 0. The highest BCUT2D eigenvalue weighted by atomic mass is 16.2. The van der Waals surface area contributed by atoms with Crippen molar-refractivity contribution in [3.05, 3.63) is 65.2 Å². The number of carbonyl (C=O) groups is 2. The van der Waals surface area contributed by atoms with E-state index in [0.29, 0.717) is 17.7 Å². The summed E-state index contributed by atoms with van der Waals surface area (Å²) in [6, 6.07) is 14.5. The molecule has 1 heterocycles. The van der Waals surface area contributed by atoms with Crippen molar-refractivity contribution >= 4 is 17.5 Å². The summed E-state index contributed by atoms with van der Waals surface area (Å²) in [6.45, 7) is 2.05. The zero-order valence-electron chi connectivity index (χ0n) is 13.4. The predicted molar refractivity (Wildman–Crippen MR) is 92.2 cm³/mol. The number of anilines is 1. The Morgan fingerprint density at radius 1 is 1.04 bits per heavy atom. The van der Waals surface area contributed by atoms with Crippen molar-refractivity contribution in [1.82, 2.24) is 10.9 Å². The van der Waals surface area contributed by atoms with Gasteiger partial charge in [-0.1, -0.05) is 29.8 Å². The number of primary amides is 1. The Balaban J connectivity index is 1.60. The van der Waals surface area contributed by atoms with Crippen molar-refractivity contribution < 1.29 is 9.59 Å². The number of nitrogens with one attached hydrogen (secondary N) is 3. The number of aryl methyl sites for hydroxylation is 1. The summed E-state index contributed by atoms with van der Waals surface area (Å²) in [7, 11) is 0. The molecular weight excluding hydrogens is 304 g/mol. The Kier molecular flexibility index (Phi) is 4.59. The Morgan fingerprint density at radius 2 is 1.71 bits per heavy atom. The molecule has 2 aromatic rings. The van der Waals surface area contributed by atoms with Gasteiger partial charge in [-0.05, 0) is 43.2 Å². The molecule has 0 radical (unpaired) electrons. The maximum Gasteiger partial charge on any atom is 0.248 e. The standard InChI is InChI=1S/C18H20N4O2/c1-11-2-4-12(5-3-11)15-10-16(22-21-15)18(24)20-14-8-6-13(7-9-14)17(19)23/h2-9,15-16,21-22H,10H2,1H3,(H2,19,23)(H,20,24). The molecule has 0 saturated carbocycles. The molecule has 1 saturated heterocycles. The fourth-order valence-corrected chi connectivity index (χ4v) is 2.69. The van der Waals surface area contributed by atoms with Crippen LogP contribution in [0.4, 0.5) is 5.69 Å². The smallest absolute Gasteiger partial charge is 0.248 e. The van der Waals surface area contributed by atoms with Crippen LogP contribution in [0.25, 0.3) is 0 Å². The lowest BCUT2D eigenvalue weighted by molar-refractivity contribution is -0.117. The van der Waals surface area contributed by atoms with Gasteiger partial charge in [-0.15, -0.1) is 0 Å². The zero-order valence-corrected chi connectivity index (χ0v) is 13.4. The first kappa shape index (κ1) is 16.2. The third-order valence-electron chi connectivity index (χ3n) is 4.14. The van der Waals surface area contributed by atoms with Gasteiger partial charge in [-0.2, -0.15) is 0 Å². The number of hydrogen-bond acceptors (Lipinski definition) is 4. The number of hydrogen-bond donors (Lipinski definition) is 4. The fraction of sp³-hybridized carbons (Fsp3) is 0.222. The highest BCUT2D eigenvalue weighted by molar-refractivity contribution is 5.96. The third kappa shape index (κ3) is 3.61. The van der Waals surface area contributed by atoms with Crippen LogP contribution >= 0.6 is 0 Å². The predicted octanol–water partition coefficient (Wildman–Crippen LogP) is 1.64. The normalized spacial score (nSPS) is 19.9. The first-order chi connectivity index (χ1) is 11.5. The summed E-state index contributed by atoms with van der Waals surface area (Å²) in [5.41, 5.74) is 14.8. The molecule has 0 bridgehead atoms. The highest BCUT2D eigenvalue weighted by Crippen LogP contribution is 2.23. The van der Waals surface area contributed by atoms with Gasteiger partial charge in [0.05, 0.1) is 0 Å². The second-order valence-electron chi connectivity index (χ2n) is 5.97. The number of benzene rings is 2. The van der Waals surface area contributed by atoms with Crippen LogP contribution in [0.2, 0.25) is 0 Å². The van der Waals surface area contributed by atoms with Crippen LogP contribution in [0.1, 0.15) is 33.9 Å². The Bertz CT molecular complexity index is 741. The molecule has 2 unspecified atom stereocenters. The van der Waals surface area contributed by atoms with E-state index in [0.717, 1.165) is 5.56 Å². The number of nitrogens with two attached hydrogens (primary N) is 1. The van der Waals surface area contributed by atoms with Crippen LogP contribution in [-0.4, -0.2) is 17.9 Å². The first-order valence-electron chi connectivity index (χ1n) is 7.81. The fourth-order valence-electron chi connectivity index (χ4n) is 2.69. The van der Waals surface area contributed by atoms with Crippen molar-refractivity contribution in [2.24, 2.45) is 5.73 Å². The molecular formula is C18H20N4O2. The second-order valence-corrected chi connectivity index (χ2v) is 5.97. The molecule has 0 aromatic heterocycles. The van der Waals surface area contributed by atoms with E-state index in [1.54, 1.807) is 24.3 Å². The molecule has 6 nitrogen and oxygen atoms in total. The molecule has 2 aromatic carbocycles. The Morgan fingerprint density at radius 3 is 2.33 bits per heavy atom. The third-order valence-corrected chi connectivity index (χ3v) is 4.14. The molecule has 6 heteroatoms. The van der Waals surface area contributed by atoms with Crippen molar-refractivity contribution in [2.45, 2.75) is 25.4 Å². The van der Waals surface area contributed by atoms with Crippen LogP contribution in [0.3, 0.4) is 0 Å². The lowest BCUT2D eigenvalue weighted by atomic mass is 10.0. The summed E-state index contributed by atoms with van der Waals surface area (Å²) in [4.78, 5) is 23.4. The topological polar surface area (TPSA) is 96.2 Å². The minimum atomic E-state index is -0.490. The lowest BCUT2D eigenvalue weighted by Crippen LogP contribution is -2.39. The molecule has 24 heavy (non-hydrogen) atoms. The first-order valence-corrected chi connectivity index (χ1v) is 7.81. The minimum Gasteiger partial charge on any atom is -0.366 e. The van der Waals surface area contributed by atoms with Gasteiger partial charge in [0, 0.05) is 17.3 Å². The average molecular weight is 324 g/mol. The van der Waals surface area contributed by atoms with Gasteiger partial charge in [0.2, 0.25) is 11.8 Å². The number of rotatable bonds is 4. The van der Waals surface area contributed by atoms with Gasteiger partial charge in [0.25, 0.3) is 0 Å². The second kappa shape index (κ2) is 6.82. The van der Waals surface area contributed by atoms with Crippen molar-refractivity contribution in [3.8, 4) is 0 Å². The van der Waals surface area contributed by atoms with Crippen LogP contribution in [-0.2, 0) is 4.79 Å². The molecule has 1 aliphatic rings. The molecule has 2 amide bonds. The monoisotopic (exact) mass is 324 g/mol. The van der Waals surface area contributed by atoms with E-state index in [1.807, 2.05) is 6.92 Å². The molecule has 3 rings (SSSR count). The van der Waals surface area contributed by atoms with Gasteiger partial charge in [0.1, 0.15) is 6.04 Å². The van der Waals surface area contributed by atoms with Crippen molar-refractivity contribution in [1.29, 1.82) is 0 Å². The molecule has 1 fully saturated rings. The van der Waals surface area contributed by atoms with E-state index >= 15 is 0 Å². The van der Waals surface area contributed by atoms with Crippen LogP contribution in [0.5, 0.6) is 0 Å². The number of hydrazine groups is 1. The van der Waals surface area contributed by atoms with Crippen LogP contribution in [0, 0.1) is 6.92 Å². The summed E-state index contributed by atoms with van der Waals surface area (Å²) >= 11 is 0. The summed E-state index contributed by atoms with van der Waals surface area (Å²) in [5.74, 6) is -0.612. The van der Waals surface area contributed by atoms with E-state index in [1.165, 1.54) is 5.56 Å². The van der Waals surface area contributed by atoms with Gasteiger partial charge < -0.3 is 11.1 Å². The number of carbonyl (C=O) groups excluding carboxylic acids is 2. The largest absolute Gasteiger partial charge is 0.366 e. The molecule has 0 aliphatic carbocycles. The van der Waals surface area contributed by atoms with Gasteiger partial charge in [0.15, 0.2) is 0 Å². The molecule has 0 spiro atoms. The van der Waals surface area contributed by atoms with Crippen molar-refractivity contribution in [2.75, 3.05) is 5.32 Å². The lowest BCUT2D eigenvalue weighted by Gasteiger charge is -2.11. The maximum absolute atomic E-state index is 12.4. The van der Waals surface area contributed by atoms with Crippen molar-refractivity contribution in [3.63, 3.8) is 0 Å². The molecule has 124 valence electrons. The van der Waals surface area contributed by atoms with Gasteiger partial charge >= 0.3 is 0 Å². The van der Waals surface area contributed by atoms with E-state index in [4.69, 9.17) is 5.73 Å². The SMILES string of the molecule is Cc1ccc(C2CC(C(=O)Nc3ccc(C(N)=O)cc3)NN2)cc1. The molecule has 5 N–H and O–H groups in total. The quantitative estimate of drug-likeness (QED) is 0.687. The molecule has 2 atom stereocenters. The van der Waals surface area contributed by atoms with E-state index in [9.17, 15) is 9.59 Å². The van der Waals surface area contributed by atoms with Gasteiger partial charge in [-0.3, -0.25) is 9.59 Å². The Labute approximate surface area is 140 Å². The zero-order chi connectivity index (χ0) is 17.1. The van der Waals surface area contributed by atoms with Crippen LogP contribution < -0.4 is 21.9 Å². The Hall–Kier alpha value is -2.70. The van der Waals surface area contributed by atoms with E-state index < -0.39 is 5.91 Å².